The Bertz CT molecular complexity index is 5530. The number of ether oxygens (including phenoxy) is 7. The summed E-state index contributed by atoms with van der Waals surface area (Å²) >= 11 is 26.6. The largest absolute Gasteiger partial charge is 0.508 e. The fraction of sp³-hybridized carbons (Fsp3) is 0.405. The van der Waals surface area contributed by atoms with Crippen LogP contribution in [0.5, 0.6) is 46.0 Å². The SMILES string of the molecule is CN[C@H](CC(C)C)C(=O)N[C@H]1C(=O)N[C@@H](CC(N)=O)C(=O)N[C@H]2C(=O)N[C@H]3C(=O)N[C@H](C(=O)N[C@@H](C(=O)NNC(=O)CCOC)c4cc(O)cc(O)c4-c4cc3ccc4O)[C@H](O)c3ccc(c(Cl)c3)Oc3cc2cc(c3O[C@@H]2O[C@H](CO)[C@@H](O)[C@H](O)[C@H]2O[C@H]2C[C@](C)(NCCn3ccc(NC(=O)Cc4ccc(Cl)c(Cl)c4)nc3=O)[C@H](O)[C@H](C)O2)Oc2ccc(cc2Cl)[C@H]1O. The number of nitrogens with two attached hydrogens (primary N) is 1. The number of primary amides is 1. The van der Waals surface area contributed by atoms with Gasteiger partial charge in [-0.25, -0.2) is 4.79 Å². The van der Waals surface area contributed by atoms with Crippen molar-refractivity contribution in [2.75, 3.05) is 39.2 Å². The highest BCUT2D eigenvalue weighted by molar-refractivity contribution is 6.42. The molecule has 14 rings (SSSR count). The molecule has 129 heavy (non-hydrogen) atoms. The number of carbonyl (C=O) groups excluding carboxylic acids is 10. The van der Waals surface area contributed by atoms with Gasteiger partial charge in [0, 0.05) is 55.5 Å². The third kappa shape index (κ3) is 22.5. The fourth-order valence-electron chi connectivity index (χ4n) is 15.3. The average Bonchev–Trinajstić information content (AvgIpc) is 0.764. The van der Waals surface area contributed by atoms with Gasteiger partial charge in [-0.3, -0.25) is 63.4 Å². The molecule has 7 aromatic rings. The fourth-order valence-corrected chi connectivity index (χ4v) is 16.0. The Morgan fingerprint density at radius 3 is 1.98 bits per heavy atom. The van der Waals surface area contributed by atoms with Gasteiger partial charge in [0.2, 0.25) is 65.2 Å². The maximum absolute atomic E-state index is 16.4. The quantitative estimate of drug-likeness (QED) is 0.0404. The summed E-state index contributed by atoms with van der Waals surface area (Å²) in [5.41, 5.74) is 5.48. The van der Waals surface area contributed by atoms with E-state index in [0.717, 1.165) is 66.7 Å². The number of aromatic hydroxyl groups is 3. The molecule has 7 aliphatic rings. The van der Waals surface area contributed by atoms with Crippen molar-refractivity contribution >= 4 is 111 Å². The first-order valence-electron chi connectivity index (χ1n) is 40.3. The number of fused-ring (bicyclic) bond motifs is 15. The topological polar surface area (TPSA) is 611 Å². The van der Waals surface area contributed by atoms with Crippen molar-refractivity contribution in [2.45, 2.75) is 176 Å². The predicted octanol–water partition coefficient (Wildman–Crippen LogP) is 1.58. The highest BCUT2D eigenvalue weighted by atomic mass is 35.5. The molecule has 11 bridgehead atoms. The van der Waals surface area contributed by atoms with E-state index < -0.39 is 271 Å². The van der Waals surface area contributed by atoms with Gasteiger partial charge in [-0.05, 0) is 139 Å². The predicted molar refractivity (Wildman–Crippen MR) is 456 cm³/mol. The number of benzene rings is 6. The molecule has 0 aliphatic carbocycles. The van der Waals surface area contributed by atoms with Gasteiger partial charge in [-0.2, -0.15) is 4.98 Å². The number of phenols is 3. The Labute approximate surface area is 754 Å². The number of likely N-dealkylation sites (N-methyl/N-ethyl adjacent to an activating group) is 1. The molecular weight excluding hydrogens is 1780 g/mol. The second-order valence-corrected chi connectivity index (χ2v) is 33.4. The van der Waals surface area contributed by atoms with Crippen molar-refractivity contribution < 1.29 is 127 Å². The Morgan fingerprint density at radius 1 is 0.690 bits per heavy atom. The van der Waals surface area contributed by atoms with Crippen LogP contribution in [0.1, 0.15) is 117 Å². The van der Waals surface area contributed by atoms with Gasteiger partial charge in [0.25, 0.3) is 5.91 Å². The molecule has 1 aromatic heterocycles. The lowest BCUT2D eigenvalue weighted by atomic mass is 9.85. The zero-order valence-corrected chi connectivity index (χ0v) is 72.5. The van der Waals surface area contributed by atoms with Crippen LogP contribution >= 0.6 is 46.4 Å². The third-order valence-electron chi connectivity index (χ3n) is 22.0. The molecule has 22 N–H and O–H groups in total. The minimum atomic E-state index is -2.42. The number of phenolic OH excluding ortho intramolecular Hbond substituents is 3. The number of rotatable bonds is 23. The first-order chi connectivity index (χ1) is 61.2. The van der Waals surface area contributed by atoms with Crippen molar-refractivity contribution in [1.29, 1.82) is 0 Å². The van der Waals surface area contributed by atoms with Crippen molar-refractivity contribution in [3.63, 3.8) is 0 Å². The van der Waals surface area contributed by atoms with Crippen LogP contribution in [0.4, 0.5) is 5.82 Å². The van der Waals surface area contributed by atoms with Gasteiger partial charge in [0.15, 0.2) is 23.9 Å². The molecule has 41 nitrogen and oxygen atoms in total. The zero-order valence-electron chi connectivity index (χ0n) is 69.5. The summed E-state index contributed by atoms with van der Waals surface area (Å²) in [7, 11) is 2.76. The van der Waals surface area contributed by atoms with Crippen LogP contribution in [0, 0.1) is 5.92 Å². The summed E-state index contributed by atoms with van der Waals surface area (Å²) in [6.07, 6.45) is -18.8. The summed E-state index contributed by atoms with van der Waals surface area (Å²) < 4.78 is 45.6. The number of aliphatic hydroxyl groups is 6. The average molecular weight is 1870 g/mol. The van der Waals surface area contributed by atoms with Crippen LogP contribution in [-0.2, 0) is 79.9 Å². The maximum Gasteiger partial charge on any atom is 0.349 e. The van der Waals surface area contributed by atoms with Crippen LogP contribution in [0.3, 0.4) is 0 Å². The van der Waals surface area contributed by atoms with Gasteiger partial charge in [0.1, 0.15) is 101 Å². The lowest BCUT2D eigenvalue weighted by Gasteiger charge is -2.48. The van der Waals surface area contributed by atoms with Crippen LogP contribution in [0.25, 0.3) is 11.1 Å². The summed E-state index contributed by atoms with van der Waals surface area (Å²) in [5.74, 6) is -17.4. The minimum Gasteiger partial charge on any atom is -0.508 e. The number of hydrogen-bond donors (Lipinski definition) is 21. The molecular formula is C84H94Cl4N14O27. The second kappa shape index (κ2) is 41.4. The molecule has 18 atom stereocenters. The highest BCUT2D eigenvalue weighted by Crippen LogP contribution is 2.50. The number of hydrazine groups is 1. The molecule has 0 radical (unpaired) electrons. The number of nitrogens with zero attached hydrogens (tertiary/aromatic N) is 2. The molecule has 0 spiro atoms. The zero-order chi connectivity index (χ0) is 93.5. The highest BCUT2D eigenvalue weighted by Gasteiger charge is 2.52. The lowest BCUT2D eigenvalue weighted by molar-refractivity contribution is -0.334. The number of aliphatic hydroxyl groups excluding tert-OH is 6. The maximum atomic E-state index is 16.4. The van der Waals surface area contributed by atoms with Gasteiger partial charge >= 0.3 is 5.69 Å². The number of hydrogen-bond acceptors (Lipinski definition) is 30. The van der Waals surface area contributed by atoms with E-state index in [1.165, 1.54) is 62.2 Å². The van der Waals surface area contributed by atoms with Gasteiger partial charge in [-0.15, -0.1) is 0 Å². The van der Waals surface area contributed by atoms with Crippen molar-refractivity contribution in [3.05, 3.63) is 173 Å². The number of nitrogens with one attached hydrogen (secondary N) is 11. The van der Waals surface area contributed by atoms with E-state index in [-0.39, 0.29) is 78.3 Å². The number of aromatic nitrogens is 2. The molecule has 2 fully saturated rings. The number of carbonyl (C=O) groups is 10. The molecule has 10 amide bonds. The van der Waals surface area contributed by atoms with E-state index in [1.807, 2.05) is 0 Å². The molecule has 45 heteroatoms. The Kier molecular flexibility index (Phi) is 31.0. The standard InChI is InChI=1S/C84H94Cl4N14O27/c1-34(2)21-48(90-5)75(115)98-66-68(110)38-9-13-52(46(87)25-38)125-54-27-40-28-55(72(54)129-82-73(71(113)70(112)56(33-103)127-82)128-61-32-84(4,74(114)35(3)124-61)91-17-19-102-18-15-58(94-83(102)122)93-60(109)23-36-7-11-44(85)45(86)22-36)126-53-14-10-39(26-47(53)88)69(111)67-80(120)97-65(81(121)101-100-59(108)16-20-123-6)43-29-41(104)30-51(106)62(43)42-24-37(8-12-50(42)105)63(77(117)99-67)96-78(118)64(40)95-76(116)49(31-57(89)107)92-79(66)119/h7-15,18,22,24-30,34-35,48-49,56,61,63-71,73-74,82,90-91,103-106,110-114H,16-17,19-21,23,31-33H2,1-6H3,(H2,89,107)(H,92,119)(H,95,116)(H,96,118)(H,97,120)(H,98,115)(H,99,117)(H,100,108)(H,101,121)(H,93,94,109,122)/t35-,48+,49-,56+,61-,63+,64+,65+,66+,67-,68+,69+,70+,71-,73+,74+,82-,84-/m0/s1. The molecule has 0 saturated carbocycles. The van der Waals surface area contributed by atoms with E-state index in [0.29, 0.717) is 5.56 Å². The molecule has 8 heterocycles. The molecule has 2 saturated heterocycles. The molecule has 6 aromatic carbocycles. The molecule has 690 valence electrons. The van der Waals surface area contributed by atoms with Crippen LogP contribution in [0.15, 0.2) is 114 Å². The smallest absolute Gasteiger partial charge is 0.349 e. The first-order valence-corrected chi connectivity index (χ1v) is 41.8. The van der Waals surface area contributed by atoms with E-state index in [9.17, 15) is 74.7 Å². The number of halogens is 4. The summed E-state index contributed by atoms with van der Waals surface area (Å²) in [6, 6.07) is 5.00. The Balaban J connectivity index is 0.998. The van der Waals surface area contributed by atoms with Crippen LogP contribution < -0.4 is 84.3 Å². The normalized spacial score (nSPS) is 25.4. The van der Waals surface area contributed by atoms with E-state index in [4.69, 9.17) is 85.3 Å². The van der Waals surface area contributed by atoms with Gasteiger partial charge < -0.3 is 133 Å². The van der Waals surface area contributed by atoms with Gasteiger partial charge in [0.05, 0.1) is 70.8 Å². The first kappa shape index (κ1) is 96.5. The Hall–Kier alpha value is -11.6. The monoisotopic (exact) mass is 1870 g/mol. The number of methoxy groups -OCH3 is 1. The summed E-state index contributed by atoms with van der Waals surface area (Å²) in [4.78, 5) is 164. The van der Waals surface area contributed by atoms with E-state index in [1.54, 1.807) is 26.8 Å². The number of anilines is 1. The Morgan fingerprint density at radius 2 is 1.35 bits per heavy atom. The van der Waals surface area contributed by atoms with Gasteiger partial charge in [-0.1, -0.05) is 84.5 Å². The summed E-state index contributed by atoms with van der Waals surface area (Å²) in [6.45, 7) is 5.40. The third-order valence-corrected chi connectivity index (χ3v) is 23.3. The molecule has 7 aliphatic heterocycles. The van der Waals surface area contributed by atoms with Crippen LogP contribution in [0.2, 0.25) is 20.1 Å². The minimum absolute atomic E-state index is 0.0486. The van der Waals surface area contributed by atoms with Crippen molar-refractivity contribution in [2.24, 2.45) is 11.7 Å². The number of amides is 10. The lowest BCUT2D eigenvalue weighted by Crippen LogP contribution is -2.65. The van der Waals surface area contributed by atoms with Crippen molar-refractivity contribution in [1.82, 2.24) is 62.9 Å². The molecule has 0 unspecified atom stereocenters. The summed E-state index contributed by atoms with van der Waals surface area (Å²) in [5, 5.41) is 130. The van der Waals surface area contributed by atoms with E-state index >= 15 is 24.0 Å². The van der Waals surface area contributed by atoms with E-state index in [2.05, 4.69) is 63.7 Å². The second-order valence-electron chi connectivity index (χ2n) is 31.8. The van der Waals surface area contributed by atoms with Crippen LogP contribution in [-0.4, -0.2) is 227 Å². The van der Waals surface area contributed by atoms with Crippen molar-refractivity contribution in [3.8, 4) is 57.1 Å².